The fraction of sp³-hybridized carbons (Fsp3) is 0.500. The minimum Gasteiger partial charge on any atom is -0.353 e. The summed E-state index contributed by atoms with van der Waals surface area (Å²) >= 11 is 5.55. The maximum absolute atomic E-state index is 11.5. The summed E-state index contributed by atoms with van der Waals surface area (Å²) in [5.41, 5.74) is 9.66. The van der Waals surface area contributed by atoms with Gasteiger partial charge < -0.3 is 10.5 Å². The minimum absolute atomic E-state index is 0.0131. The van der Waals surface area contributed by atoms with Crippen LogP contribution >= 0.6 is 11.8 Å². The number of nitrogens with two attached hydrogens (primary N) is 1. The van der Waals surface area contributed by atoms with Crippen LogP contribution in [0.4, 0.5) is 0 Å². The molecule has 1 aromatic rings. The number of fused-ring (bicyclic) bond motifs is 1. The number of rotatable bonds is 3. The Bertz CT molecular complexity index is 523. The van der Waals surface area contributed by atoms with Gasteiger partial charge >= 0.3 is 0 Å². The van der Waals surface area contributed by atoms with Crippen LogP contribution in [0.5, 0.6) is 0 Å². The molecular weight excluding hydrogens is 278 g/mol. The Labute approximate surface area is 123 Å². The van der Waals surface area contributed by atoms with Crippen LogP contribution < -0.4 is 10.6 Å². The molecule has 1 saturated heterocycles. The predicted octanol–water partition coefficient (Wildman–Crippen LogP) is 0.541. The summed E-state index contributed by atoms with van der Waals surface area (Å²) in [7, 11) is 0. The number of hydrogen-bond donors (Lipinski definition) is 2. The van der Waals surface area contributed by atoms with Gasteiger partial charge in [0.2, 0.25) is 0 Å². The van der Waals surface area contributed by atoms with E-state index in [1.807, 2.05) is 0 Å². The summed E-state index contributed by atoms with van der Waals surface area (Å²) < 4.78 is 5.53. The number of benzene rings is 1. The maximum atomic E-state index is 11.5. The van der Waals surface area contributed by atoms with Gasteiger partial charge in [0.15, 0.2) is 5.78 Å². The van der Waals surface area contributed by atoms with E-state index in [0.717, 1.165) is 25.1 Å². The van der Waals surface area contributed by atoms with Crippen LogP contribution in [0.15, 0.2) is 18.2 Å². The SMILES string of the molecule is NC1C(=O)COC1N1CCc2ccc(CNCl)cc2C1. The third-order valence-corrected chi connectivity index (χ3v) is 4.15. The topological polar surface area (TPSA) is 67.6 Å². The summed E-state index contributed by atoms with van der Waals surface area (Å²) in [5.74, 6) is -0.0131. The van der Waals surface area contributed by atoms with Crippen LogP contribution in [-0.2, 0) is 29.0 Å². The Hall–Kier alpha value is -0.980. The van der Waals surface area contributed by atoms with Gasteiger partial charge in [-0.25, -0.2) is 4.84 Å². The van der Waals surface area contributed by atoms with Gasteiger partial charge in [0.25, 0.3) is 0 Å². The first-order valence-corrected chi connectivity index (χ1v) is 7.15. The molecule has 3 rings (SSSR count). The standard InChI is InChI=1S/C14H18ClN3O2/c15-17-6-9-1-2-10-3-4-18(7-11(10)5-9)14-13(16)12(19)8-20-14/h1-2,5,13-14,17H,3-4,6-8,16H2. The van der Waals surface area contributed by atoms with Crippen molar-refractivity contribution in [1.29, 1.82) is 0 Å². The molecule has 2 unspecified atom stereocenters. The number of ketones is 1. The number of nitrogens with one attached hydrogen (secondary N) is 1. The second-order valence-electron chi connectivity index (χ2n) is 5.33. The first-order chi connectivity index (χ1) is 9.69. The highest BCUT2D eigenvalue weighted by Crippen LogP contribution is 2.25. The van der Waals surface area contributed by atoms with Crippen LogP contribution in [-0.4, -0.2) is 36.1 Å². The van der Waals surface area contributed by atoms with Crippen molar-refractivity contribution in [2.75, 3.05) is 13.2 Å². The van der Waals surface area contributed by atoms with Crippen LogP contribution in [0.2, 0.25) is 0 Å². The quantitative estimate of drug-likeness (QED) is 0.797. The van der Waals surface area contributed by atoms with E-state index in [9.17, 15) is 4.79 Å². The molecule has 2 aliphatic rings. The van der Waals surface area contributed by atoms with E-state index in [4.69, 9.17) is 22.2 Å². The number of nitrogens with zero attached hydrogens (tertiary/aromatic N) is 1. The number of ether oxygens (including phenoxy) is 1. The van der Waals surface area contributed by atoms with Gasteiger partial charge in [-0.2, -0.15) is 0 Å². The third-order valence-electron chi connectivity index (χ3n) is 4.02. The van der Waals surface area contributed by atoms with E-state index in [-0.39, 0.29) is 18.6 Å². The van der Waals surface area contributed by atoms with Gasteiger partial charge in [0.05, 0.1) is 0 Å². The fourth-order valence-electron chi connectivity index (χ4n) is 2.90. The highest BCUT2D eigenvalue weighted by molar-refractivity contribution is 6.13. The van der Waals surface area contributed by atoms with Crippen molar-refractivity contribution in [3.63, 3.8) is 0 Å². The Morgan fingerprint density at radius 2 is 2.30 bits per heavy atom. The van der Waals surface area contributed by atoms with Gasteiger partial charge in [0, 0.05) is 19.6 Å². The number of carbonyl (C=O) groups is 1. The van der Waals surface area contributed by atoms with Crippen molar-refractivity contribution in [2.24, 2.45) is 5.73 Å². The van der Waals surface area contributed by atoms with Crippen molar-refractivity contribution in [2.45, 2.75) is 31.8 Å². The molecule has 2 aliphatic heterocycles. The summed E-state index contributed by atoms with van der Waals surface area (Å²) in [6, 6.07) is 5.87. The molecule has 1 aromatic carbocycles. The van der Waals surface area contributed by atoms with E-state index in [0.29, 0.717) is 6.54 Å². The molecular formula is C14H18ClN3O2. The summed E-state index contributed by atoms with van der Waals surface area (Å²) in [6.07, 6.45) is 0.662. The molecule has 0 spiro atoms. The van der Waals surface area contributed by atoms with Crippen molar-refractivity contribution in [1.82, 2.24) is 9.74 Å². The van der Waals surface area contributed by atoms with Crippen LogP contribution in [0, 0.1) is 0 Å². The van der Waals surface area contributed by atoms with E-state index in [2.05, 4.69) is 27.9 Å². The van der Waals surface area contributed by atoms with Crippen molar-refractivity contribution >= 4 is 17.6 Å². The number of halogens is 1. The fourth-order valence-corrected chi connectivity index (χ4v) is 3.05. The molecule has 0 amide bonds. The lowest BCUT2D eigenvalue weighted by Crippen LogP contribution is -2.49. The first-order valence-electron chi connectivity index (χ1n) is 6.77. The summed E-state index contributed by atoms with van der Waals surface area (Å²) in [4.78, 5) is 16.3. The lowest BCUT2D eigenvalue weighted by atomic mass is 9.96. The summed E-state index contributed by atoms with van der Waals surface area (Å²) in [6.45, 7) is 2.39. The molecule has 0 bridgehead atoms. The van der Waals surface area contributed by atoms with Gasteiger partial charge in [0.1, 0.15) is 18.9 Å². The Morgan fingerprint density at radius 3 is 3.00 bits per heavy atom. The maximum Gasteiger partial charge on any atom is 0.179 e. The Kier molecular flexibility index (Phi) is 4.05. The smallest absolute Gasteiger partial charge is 0.179 e. The second kappa shape index (κ2) is 5.79. The molecule has 0 aromatic heterocycles. The molecule has 0 radical (unpaired) electrons. The molecule has 6 heteroatoms. The second-order valence-corrected chi connectivity index (χ2v) is 5.59. The van der Waals surface area contributed by atoms with Crippen molar-refractivity contribution < 1.29 is 9.53 Å². The number of hydrogen-bond acceptors (Lipinski definition) is 5. The predicted molar refractivity (Wildman–Crippen MR) is 76.0 cm³/mol. The van der Waals surface area contributed by atoms with Crippen LogP contribution in [0.3, 0.4) is 0 Å². The largest absolute Gasteiger partial charge is 0.353 e. The molecule has 0 aliphatic carbocycles. The zero-order valence-corrected chi connectivity index (χ0v) is 11.9. The van der Waals surface area contributed by atoms with Gasteiger partial charge in [-0.05, 0) is 34.9 Å². The highest BCUT2D eigenvalue weighted by atomic mass is 35.5. The summed E-state index contributed by atoms with van der Waals surface area (Å²) in [5, 5.41) is 0. The number of Topliss-reactive ketones (excluding diaryl/α,β-unsaturated/α-hetero) is 1. The van der Waals surface area contributed by atoms with E-state index in [1.165, 1.54) is 11.1 Å². The molecule has 1 fully saturated rings. The first kappa shape index (κ1) is 14.0. The number of carbonyl (C=O) groups excluding carboxylic acids is 1. The molecule has 2 heterocycles. The highest BCUT2D eigenvalue weighted by Gasteiger charge is 2.38. The average molecular weight is 296 g/mol. The Morgan fingerprint density at radius 1 is 1.45 bits per heavy atom. The zero-order chi connectivity index (χ0) is 14.1. The Balaban J connectivity index is 1.77. The van der Waals surface area contributed by atoms with Crippen LogP contribution in [0.1, 0.15) is 16.7 Å². The van der Waals surface area contributed by atoms with E-state index < -0.39 is 6.04 Å². The molecule has 5 nitrogen and oxygen atoms in total. The normalized spacial score (nSPS) is 26.8. The van der Waals surface area contributed by atoms with Crippen LogP contribution in [0.25, 0.3) is 0 Å². The van der Waals surface area contributed by atoms with E-state index in [1.54, 1.807) is 0 Å². The van der Waals surface area contributed by atoms with Gasteiger partial charge in [-0.15, -0.1) is 0 Å². The lowest BCUT2D eigenvalue weighted by Gasteiger charge is -2.34. The van der Waals surface area contributed by atoms with Gasteiger partial charge in [-0.1, -0.05) is 18.2 Å². The average Bonchev–Trinajstić information content (AvgIpc) is 2.79. The molecule has 20 heavy (non-hydrogen) atoms. The zero-order valence-electron chi connectivity index (χ0n) is 11.1. The third kappa shape index (κ3) is 2.60. The van der Waals surface area contributed by atoms with Crippen molar-refractivity contribution in [3.8, 4) is 0 Å². The van der Waals surface area contributed by atoms with E-state index >= 15 is 0 Å². The minimum atomic E-state index is -0.524. The lowest BCUT2D eigenvalue weighted by molar-refractivity contribution is -0.118. The van der Waals surface area contributed by atoms with Crippen molar-refractivity contribution in [3.05, 3.63) is 34.9 Å². The molecule has 2 atom stereocenters. The molecule has 108 valence electrons. The molecule has 0 saturated carbocycles. The monoisotopic (exact) mass is 295 g/mol. The molecule has 3 N–H and O–H groups in total. The van der Waals surface area contributed by atoms with Gasteiger partial charge in [-0.3, -0.25) is 9.69 Å².